The average molecular weight is 381 g/mol. The Morgan fingerprint density at radius 2 is 1.63 bits per heavy atom. The number of nitrogens with one attached hydrogen (secondary N) is 2. The van der Waals surface area contributed by atoms with Gasteiger partial charge in [-0.25, -0.2) is 0 Å². The zero-order valence-electron chi connectivity index (χ0n) is 16.0. The quantitative estimate of drug-likeness (QED) is 0.577. The van der Waals surface area contributed by atoms with Gasteiger partial charge in [0.15, 0.2) is 5.82 Å². The predicted octanol–water partition coefficient (Wildman–Crippen LogP) is 4.67. The number of aromatic nitrogens is 3. The molecule has 0 radical (unpaired) electrons. The number of anilines is 3. The van der Waals surface area contributed by atoms with Gasteiger partial charge >= 0.3 is 0 Å². The van der Waals surface area contributed by atoms with E-state index in [1.807, 2.05) is 56.6 Å². The second-order valence-electron chi connectivity index (χ2n) is 6.53. The highest BCUT2D eigenvalue weighted by Crippen LogP contribution is 2.25. The number of hydrogen-bond donors (Lipinski definition) is 2. The Morgan fingerprint density at radius 1 is 0.889 bits per heavy atom. The topological polar surface area (TPSA) is 66.0 Å². The third-order valence-electron chi connectivity index (χ3n) is 3.46. The van der Waals surface area contributed by atoms with Crippen molar-refractivity contribution in [2.75, 3.05) is 24.7 Å². The number of rotatable bonds is 7. The Labute approximate surface area is 164 Å². The molecule has 2 N–H and O–H groups in total. The summed E-state index contributed by atoms with van der Waals surface area (Å²) in [5.74, 6) is 1.70. The molecule has 0 aliphatic rings. The Balaban J connectivity index is 1.92. The summed E-state index contributed by atoms with van der Waals surface area (Å²) in [5, 5.41) is 6.57. The van der Waals surface area contributed by atoms with Crippen molar-refractivity contribution in [2.24, 2.45) is 0 Å². The summed E-state index contributed by atoms with van der Waals surface area (Å²) in [7, 11) is 4.04. The lowest BCUT2D eigenvalue weighted by molar-refractivity contribution is 0.703. The molecule has 3 aromatic rings. The minimum absolute atomic E-state index is 0.226. The van der Waals surface area contributed by atoms with Crippen molar-refractivity contribution >= 4 is 29.5 Å². The molecule has 1 heterocycles. The predicted molar refractivity (Wildman–Crippen MR) is 113 cm³/mol. The van der Waals surface area contributed by atoms with Gasteiger partial charge in [-0.15, -0.1) is 0 Å². The first-order chi connectivity index (χ1) is 13.0. The molecule has 0 amide bonds. The van der Waals surface area contributed by atoms with E-state index in [4.69, 9.17) is 0 Å². The third-order valence-corrected chi connectivity index (χ3v) is 4.29. The second-order valence-corrected chi connectivity index (χ2v) is 7.91. The van der Waals surface area contributed by atoms with E-state index >= 15 is 0 Å². The lowest BCUT2D eigenvalue weighted by Crippen LogP contribution is -2.14. The van der Waals surface area contributed by atoms with Gasteiger partial charge in [-0.2, -0.15) is 15.0 Å². The van der Waals surface area contributed by atoms with E-state index in [9.17, 15) is 0 Å². The van der Waals surface area contributed by atoms with Crippen LogP contribution in [0.3, 0.4) is 0 Å². The number of benzene rings is 2. The molecule has 0 atom stereocenters. The molecule has 1 aromatic heterocycles. The molecule has 2 aromatic carbocycles. The Kier molecular flexibility index (Phi) is 6.26. The van der Waals surface area contributed by atoms with E-state index in [0.29, 0.717) is 17.7 Å². The van der Waals surface area contributed by atoms with Gasteiger partial charge in [-0.3, -0.25) is 4.31 Å². The highest BCUT2D eigenvalue weighted by Gasteiger charge is 2.10. The molecule has 140 valence electrons. The van der Waals surface area contributed by atoms with Crippen LogP contribution in [0.15, 0.2) is 59.5 Å². The van der Waals surface area contributed by atoms with E-state index in [0.717, 1.165) is 16.1 Å². The van der Waals surface area contributed by atoms with Crippen LogP contribution in [0.2, 0.25) is 0 Å². The maximum absolute atomic E-state index is 4.61. The SMILES string of the molecule is CC(C)Nc1nc(Nc2cccc(SN(C)C)c2)nc(-c2ccccc2)n1. The first kappa shape index (κ1) is 19.1. The molecule has 0 saturated carbocycles. The normalized spacial score (nSPS) is 11.0. The summed E-state index contributed by atoms with van der Waals surface area (Å²) in [5.41, 5.74) is 1.88. The molecule has 27 heavy (non-hydrogen) atoms. The van der Waals surface area contributed by atoms with Crippen molar-refractivity contribution in [2.45, 2.75) is 24.8 Å². The first-order valence-corrected chi connectivity index (χ1v) is 9.57. The van der Waals surface area contributed by atoms with Gasteiger partial charge in [0.2, 0.25) is 11.9 Å². The number of nitrogens with zero attached hydrogens (tertiary/aromatic N) is 4. The van der Waals surface area contributed by atoms with Crippen molar-refractivity contribution < 1.29 is 0 Å². The molecule has 0 spiro atoms. The summed E-state index contributed by atoms with van der Waals surface area (Å²) in [6.07, 6.45) is 0. The zero-order chi connectivity index (χ0) is 19.2. The Bertz CT molecular complexity index is 883. The van der Waals surface area contributed by atoms with Crippen LogP contribution in [0.5, 0.6) is 0 Å². The van der Waals surface area contributed by atoms with Crippen LogP contribution < -0.4 is 10.6 Å². The Morgan fingerprint density at radius 3 is 2.33 bits per heavy atom. The summed E-state index contributed by atoms with van der Waals surface area (Å²) < 4.78 is 2.06. The fourth-order valence-electron chi connectivity index (χ4n) is 2.44. The van der Waals surface area contributed by atoms with Crippen LogP contribution in [-0.2, 0) is 0 Å². The van der Waals surface area contributed by atoms with Gasteiger partial charge in [0.05, 0.1) is 0 Å². The fourth-order valence-corrected chi connectivity index (χ4v) is 3.18. The van der Waals surface area contributed by atoms with Gasteiger partial charge in [-0.05, 0) is 58.1 Å². The van der Waals surface area contributed by atoms with Crippen LogP contribution in [0.25, 0.3) is 11.4 Å². The van der Waals surface area contributed by atoms with Crippen LogP contribution in [0.4, 0.5) is 17.6 Å². The number of hydrogen-bond acceptors (Lipinski definition) is 7. The second kappa shape index (κ2) is 8.83. The molecular formula is C20H24N6S. The summed E-state index contributed by atoms with van der Waals surface area (Å²) >= 11 is 1.66. The molecule has 0 unspecified atom stereocenters. The molecule has 0 aliphatic heterocycles. The van der Waals surface area contributed by atoms with E-state index < -0.39 is 0 Å². The van der Waals surface area contributed by atoms with Crippen LogP contribution >= 0.6 is 11.9 Å². The summed E-state index contributed by atoms with van der Waals surface area (Å²) in [4.78, 5) is 14.8. The molecule has 3 rings (SSSR count). The van der Waals surface area contributed by atoms with E-state index in [1.54, 1.807) is 11.9 Å². The monoisotopic (exact) mass is 380 g/mol. The van der Waals surface area contributed by atoms with Crippen molar-refractivity contribution in [3.8, 4) is 11.4 Å². The maximum Gasteiger partial charge on any atom is 0.232 e. The standard InChI is InChI=1S/C20H24N6S/c1-14(2)21-19-23-18(15-9-6-5-7-10-15)24-20(25-19)22-16-11-8-12-17(13-16)27-26(3)4/h5-14H,1-4H3,(H2,21,22,23,24,25). The van der Waals surface area contributed by atoms with E-state index in [-0.39, 0.29) is 6.04 Å². The van der Waals surface area contributed by atoms with E-state index in [2.05, 4.69) is 55.9 Å². The fraction of sp³-hybridized carbons (Fsp3) is 0.250. The Hall–Kier alpha value is -2.64. The lowest BCUT2D eigenvalue weighted by atomic mass is 10.2. The molecule has 0 aliphatic carbocycles. The molecule has 0 fully saturated rings. The smallest absolute Gasteiger partial charge is 0.232 e. The van der Waals surface area contributed by atoms with Gasteiger partial charge in [-0.1, -0.05) is 36.4 Å². The third kappa shape index (κ3) is 5.67. The van der Waals surface area contributed by atoms with Gasteiger partial charge in [0.1, 0.15) is 0 Å². The highest BCUT2D eigenvalue weighted by molar-refractivity contribution is 7.97. The summed E-state index contributed by atoms with van der Waals surface area (Å²) in [6.45, 7) is 4.11. The van der Waals surface area contributed by atoms with Crippen LogP contribution in [-0.4, -0.2) is 39.4 Å². The lowest BCUT2D eigenvalue weighted by Gasteiger charge is -2.13. The van der Waals surface area contributed by atoms with Crippen molar-refractivity contribution in [1.29, 1.82) is 0 Å². The first-order valence-electron chi connectivity index (χ1n) is 8.80. The van der Waals surface area contributed by atoms with Crippen molar-refractivity contribution in [1.82, 2.24) is 19.3 Å². The molecule has 0 saturated heterocycles. The molecule has 0 bridgehead atoms. The van der Waals surface area contributed by atoms with Gasteiger partial charge in [0.25, 0.3) is 0 Å². The largest absolute Gasteiger partial charge is 0.352 e. The van der Waals surface area contributed by atoms with E-state index in [1.165, 1.54) is 0 Å². The maximum atomic E-state index is 4.61. The van der Waals surface area contributed by atoms with Crippen LogP contribution in [0, 0.1) is 0 Å². The molecular weight excluding hydrogens is 356 g/mol. The average Bonchev–Trinajstić information content (AvgIpc) is 2.61. The van der Waals surface area contributed by atoms with Crippen molar-refractivity contribution in [3.63, 3.8) is 0 Å². The van der Waals surface area contributed by atoms with Gasteiger partial charge in [0, 0.05) is 22.2 Å². The highest BCUT2D eigenvalue weighted by atomic mass is 32.2. The molecule has 7 heteroatoms. The minimum atomic E-state index is 0.226. The van der Waals surface area contributed by atoms with Gasteiger partial charge < -0.3 is 10.6 Å². The zero-order valence-corrected chi connectivity index (χ0v) is 16.8. The minimum Gasteiger partial charge on any atom is -0.352 e. The van der Waals surface area contributed by atoms with Crippen molar-refractivity contribution in [3.05, 3.63) is 54.6 Å². The van der Waals surface area contributed by atoms with Crippen LogP contribution in [0.1, 0.15) is 13.8 Å². The summed E-state index contributed by atoms with van der Waals surface area (Å²) in [6, 6.07) is 18.3. The molecule has 6 nitrogen and oxygen atoms in total.